The maximum Gasteiger partial charge on any atom is 0.233 e. The lowest BCUT2D eigenvalue weighted by atomic mass is 9.83. The Bertz CT molecular complexity index is 329. The van der Waals surface area contributed by atoms with Gasteiger partial charge < -0.3 is 9.84 Å². The van der Waals surface area contributed by atoms with E-state index in [1.807, 2.05) is 0 Å². The molecule has 1 aliphatic heterocycles. The van der Waals surface area contributed by atoms with Gasteiger partial charge in [-0.25, -0.2) is 0 Å². The molecule has 1 aromatic rings. The molecule has 0 aliphatic carbocycles. The lowest BCUT2D eigenvalue weighted by Gasteiger charge is -2.30. The van der Waals surface area contributed by atoms with Gasteiger partial charge in [-0.3, -0.25) is 0 Å². The van der Waals surface area contributed by atoms with Crippen molar-refractivity contribution < 1.29 is 4.52 Å². The van der Waals surface area contributed by atoms with Crippen molar-refractivity contribution in [1.29, 1.82) is 0 Å². The summed E-state index contributed by atoms with van der Waals surface area (Å²) in [5.41, 5.74) is 0.0374. The number of rotatable bonds is 4. The molecule has 2 heterocycles. The number of nitrogens with one attached hydrogen (secondary N) is 1. The molecular formula is C12H21N3O. The van der Waals surface area contributed by atoms with Crippen LogP contribution in [-0.4, -0.2) is 23.2 Å². The Morgan fingerprint density at radius 3 is 3.06 bits per heavy atom. The Hall–Kier alpha value is -0.900. The van der Waals surface area contributed by atoms with Crippen LogP contribution in [0.25, 0.3) is 0 Å². The summed E-state index contributed by atoms with van der Waals surface area (Å²) in [5, 5.41) is 7.46. The van der Waals surface area contributed by atoms with Gasteiger partial charge in [-0.2, -0.15) is 4.98 Å². The maximum atomic E-state index is 5.40. The van der Waals surface area contributed by atoms with Crippen molar-refractivity contribution in [3.63, 3.8) is 0 Å². The first-order chi connectivity index (χ1) is 7.74. The summed E-state index contributed by atoms with van der Waals surface area (Å²) in [6, 6.07) is 0. The van der Waals surface area contributed by atoms with Crippen LogP contribution >= 0.6 is 0 Å². The van der Waals surface area contributed by atoms with Crippen LogP contribution in [0.15, 0.2) is 4.52 Å². The normalized spacial score (nSPS) is 25.9. The molecule has 0 amide bonds. The highest BCUT2D eigenvalue weighted by atomic mass is 16.5. The zero-order chi connectivity index (χ0) is 11.4. The molecule has 1 unspecified atom stereocenters. The van der Waals surface area contributed by atoms with Crippen LogP contribution in [0.3, 0.4) is 0 Å². The molecule has 1 fully saturated rings. The standard InChI is InChI=1S/C12H21N3O/c1-3-4-6-10-14-11(16-15-10)12(2)7-5-8-13-9-12/h13H,3-9H2,1-2H3. The van der Waals surface area contributed by atoms with Crippen molar-refractivity contribution in [2.75, 3.05) is 13.1 Å². The minimum atomic E-state index is 0.0374. The van der Waals surface area contributed by atoms with Gasteiger partial charge in [0.05, 0.1) is 5.41 Å². The van der Waals surface area contributed by atoms with E-state index in [1.165, 1.54) is 12.8 Å². The summed E-state index contributed by atoms with van der Waals surface area (Å²) in [6.45, 7) is 6.43. The molecule has 16 heavy (non-hydrogen) atoms. The zero-order valence-electron chi connectivity index (χ0n) is 10.3. The molecule has 4 nitrogen and oxygen atoms in total. The van der Waals surface area contributed by atoms with Crippen molar-refractivity contribution in [3.05, 3.63) is 11.7 Å². The third-order valence-electron chi connectivity index (χ3n) is 3.34. The van der Waals surface area contributed by atoms with Crippen molar-refractivity contribution in [2.45, 2.75) is 51.4 Å². The fourth-order valence-corrected chi connectivity index (χ4v) is 2.17. The van der Waals surface area contributed by atoms with E-state index in [1.54, 1.807) is 0 Å². The van der Waals surface area contributed by atoms with Crippen LogP contribution in [0, 0.1) is 0 Å². The first-order valence-corrected chi connectivity index (χ1v) is 6.28. The Balaban J connectivity index is 2.05. The number of aryl methyl sites for hydroxylation is 1. The summed E-state index contributed by atoms with van der Waals surface area (Å²) in [4.78, 5) is 4.53. The molecule has 0 radical (unpaired) electrons. The molecule has 90 valence electrons. The van der Waals surface area contributed by atoms with Gasteiger partial charge in [0.25, 0.3) is 0 Å². The van der Waals surface area contributed by atoms with E-state index >= 15 is 0 Å². The average molecular weight is 223 g/mol. The molecule has 0 aromatic carbocycles. The lowest BCUT2D eigenvalue weighted by molar-refractivity contribution is 0.244. The molecule has 0 saturated carbocycles. The van der Waals surface area contributed by atoms with Crippen LogP contribution in [0.2, 0.25) is 0 Å². The van der Waals surface area contributed by atoms with E-state index in [0.717, 1.165) is 44.1 Å². The molecule has 0 bridgehead atoms. The van der Waals surface area contributed by atoms with Gasteiger partial charge in [0.2, 0.25) is 5.89 Å². The van der Waals surface area contributed by atoms with E-state index in [0.29, 0.717) is 0 Å². The molecule has 1 saturated heterocycles. The summed E-state index contributed by atoms with van der Waals surface area (Å²) < 4.78 is 5.40. The van der Waals surface area contributed by atoms with E-state index in [-0.39, 0.29) is 5.41 Å². The Morgan fingerprint density at radius 2 is 2.38 bits per heavy atom. The number of hydrogen-bond donors (Lipinski definition) is 1. The van der Waals surface area contributed by atoms with Crippen molar-refractivity contribution in [1.82, 2.24) is 15.5 Å². The molecule has 1 aromatic heterocycles. The second-order valence-electron chi connectivity index (χ2n) is 4.96. The Labute approximate surface area is 96.8 Å². The minimum Gasteiger partial charge on any atom is -0.339 e. The third kappa shape index (κ3) is 2.43. The van der Waals surface area contributed by atoms with Crippen LogP contribution in [0.5, 0.6) is 0 Å². The van der Waals surface area contributed by atoms with Gasteiger partial charge in [-0.05, 0) is 32.7 Å². The second kappa shape index (κ2) is 4.95. The largest absolute Gasteiger partial charge is 0.339 e. The lowest BCUT2D eigenvalue weighted by Crippen LogP contribution is -2.41. The predicted molar refractivity (Wildman–Crippen MR) is 62.4 cm³/mol. The number of hydrogen-bond acceptors (Lipinski definition) is 4. The highest BCUT2D eigenvalue weighted by Gasteiger charge is 2.34. The first kappa shape index (κ1) is 11.6. The molecule has 1 aliphatic rings. The topological polar surface area (TPSA) is 51.0 Å². The Morgan fingerprint density at radius 1 is 1.50 bits per heavy atom. The number of unbranched alkanes of at least 4 members (excludes halogenated alkanes) is 1. The average Bonchev–Trinajstić information content (AvgIpc) is 2.77. The number of nitrogens with zero attached hydrogens (tertiary/aromatic N) is 2. The smallest absolute Gasteiger partial charge is 0.233 e. The van der Waals surface area contributed by atoms with Crippen LogP contribution in [-0.2, 0) is 11.8 Å². The molecule has 4 heteroatoms. The fraction of sp³-hybridized carbons (Fsp3) is 0.833. The maximum absolute atomic E-state index is 5.40. The predicted octanol–water partition coefficient (Wildman–Crippen LogP) is 2.05. The summed E-state index contributed by atoms with van der Waals surface area (Å²) in [5.74, 6) is 1.68. The van der Waals surface area contributed by atoms with E-state index in [4.69, 9.17) is 4.52 Å². The van der Waals surface area contributed by atoms with E-state index in [2.05, 4.69) is 29.3 Å². The van der Waals surface area contributed by atoms with Crippen molar-refractivity contribution in [3.8, 4) is 0 Å². The van der Waals surface area contributed by atoms with Crippen molar-refractivity contribution in [2.24, 2.45) is 0 Å². The van der Waals surface area contributed by atoms with E-state index < -0.39 is 0 Å². The van der Waals surface area contributed by atoms with Gasteiger partial charge in [-0.1, -0.05) is 18.5 Å². The molecule has 1 atom stereocenters. The van der Waals surface area contributed by atoms with Gasteiger partial charge in [-0.15, -0.1) is 0 Å². The summed E-state index contributed by atoms with van der Waals surface area (Å²) >= 11 is 0. The molecule has 0 spiro atoms. The molecule has 1 N–H and O–H groups in total. The van der Waals surface area contributed by atoms with Gasteiger partial charge in [0, 0.05) is 13.0 Å². The first-order valence-electron chi connectivity index (χ1n) is 6.28. The molecular weight excluding hydrogens is 202 g/mol. The van der Waals surface area contributed by atoms with Crippen LogP contribution in [0.4, 0.5) is 0 Å². The van der Waals surface area contributed by atoms with Crippen LogP contribution < -0.4 is 5.32 Å². The number of aromatic nitrogens is 2. The van der Waals surface area contributed by atoms with Gasteiger partial charge in [0.15, 0.2) is 5.82 Å². The van der Waals surface area contributed by atoms with Gasteiger partial charge in [0.1, 0.15) is 0 Å². The minimum absolute atomic E-state index is 0.0374. The quantitative estimate of drug-likeness (QED) is 0.848. The fourth-order valence-electron chi connectivity index (χ4n) is 2.17. The van der Waals surface area contributed by atoms with Crippen molar-refractivity contribution >= 4 is 0 Å². The summed E-state index contributed by atoms with van der Waals surface area (Å²) in [6.07, 6.45) is 5.55. The van der Waals surface area contributed by atoms with Crippen LogP contribution in [0.1, 0.15) is 51.2 Å². The summed E-state index contributed by atoms with van der Waals surface area (Å²) in [7, 11) is 0. The highest BCUT2D eigenvalue weighted by molar-refractivity contribution is 5.06. The second-order valence-corrected chi connectivity index (χ2v) is 4.96. The molecule has 2 rings (SSSR count). The Kier molecular flexibility index (Phi) is 3.59. The zero-order valence-corrected chi connectivity index (χ0v) is 10.3. The highest BCUT2D eigenvalue weighted by Crippen LogP contribution is 2.29. The monoisotopic (exact) mass is 223 g/mol. The van der Waals surface area contributed by atoms with Gasteiger partial charge >= 0.3 is 0 Å². The number of piperidine rings is 1. The SMILES string of the molecule is CCCCc1noc(C2(C)CCCNC2)n1. The third-order valence-corrected chi connectivity index (χ3v) is 3.34. The van der Waals surface area contributed by atoms with E-state index in [9.17, 15) is 0 Å².